The topological polar surface area (TPSA) is 37.4 Å². The molecule has 3 nitrogen and oxygen atoms in total. The maximum atomic E-state index is 11.9. The standard InChI is InChI=1S/C11H19NO2/c1-6-10(3)8(13)12(5)9(14)11(10,4)7-2/h6-7H2,1-5H3. The molecule has 0 saturated carbocycles. The summed E-state index contributed by atoms with van der Waals surface area (Å²) in [7, 11) is 1.58. The van der Waals surface area contributed by atoms with E-state index >= 15 is 0 Å². The summed E-state index contributed by atoms with van der Waals surface area (Å²) in [5, 5.41) is 0. The van der Waals surface area contributed by atoms with Gasteiger partial charge in [0.15, 0.2) is 0 Å². The quantitative estimate of drug-likeness (QED) is 0.633. The van der Waals surface area contributed by atoms with Crippen molar-refractivity contribution in [2.24, 2.45) is 10.8 Å². The van der Waals surface area contributed by atoms with E-state index in [1.54, 1.807) is 7.05 Å². The van der Waals surface area contributed by atoms with Crippen LogP contribution in [0.2, 0.25) is 0 Å². The Morgan fingerprint density at radius 1 is 1.00 bits per heavy atom. The van der Waals surface area contributed by atoms with E-state index in [2.05, 4.69) is 0 Å². The normalized spacial score (nSPS) is 38.2. The molecule has 3 heteroatoms. The van der Waals surface area contributed by atoms with E-state index in [0.717, 1.165) is 0 Å². The lowest BCUT2D eigenvalue weighted by Crippen LogP contribution is -2.39. The van der Waals surface area contributed by atoms with Crippen molar-refractivity contribution in [1.82, 2.24) is 4.90 Å². The summed E-state index contributed by atoms with van der Waals surface area (Å²) in [6, 6.07) is 0. The fraction of sp³-hybridized carbons (Fsp3) is 0.818. The molecule has 0 aromatic rings. The first kappa shape index (κ1) is 11.2. The van der Waals surface area contributed by atoms with E-state index in [4.69, 9.17) is 0 Å². The summed E-state index contributed by atoms with van der Waals surface area (Å²) in [6.45, 7) is 7.75. The fourth-order valence-electron chi connectivity index (χ4n) is 2.39. The molecule has 0 N–H and O–H groups in total. The Morgan fingerprint density at radius 3 is 1.50 bits per heavy atom. The lowest BCUT2D eigenvalue weighted by atomic mass is 9.64. The van der Waals surface area contributed by atoms with E-state index in [0.29, 0.717) is 12.8 Å². The van der Waals surface area contributed by atoms with Crippen LogP contribution in [0.4, 0.5) is 0 Å². The van der Waals surface area contributed by atoms with Gasteiger partial charge >= 0.3 is 0 Å². The molecule has 1 fully saturated rings. The second kappa shape index (κ2) is 3.07. The van der Waals surface area contributed by atoms with Crippen LogP contribution in [0.3, 0.4) is 0 Å². The van der Waals surface area contributed by atoms with Gasteiger partial charge < -0.3 is 0 Å². The van der Waals surface area contributed by atoms with Crippen molar-refractivity contribution in [2.45, 2.75) is 40.5 Å². The minimum Gasteiger partial charge on any atom is -0.285 e. The maximum absolute atomic E-state index is 11.9. The molecule has 2 atom stereocenters. The summed E-state index contributed by atoms with van der Waals surface area (Å²) >= 11 is 0. The van der Waals surface area contributed by atoms with Crippen molar-refractivity contribution >= 4 is 11.8 Å². The molecule has 2 amide bonds. The smallest absolute Gasteiger partial charge is 0.235 e. The molecule has 80 valence electrons. The number of carbonyl (C=O) groups is 2. The van der Waals surface area contributed by atoms with Crippen molar-refractivity contribution in [2.75, 3.05) is 7.05 Å². The zero-order chi connectivity index (χ0) is 11.1. The molecule has 0 bridgehead atoms. The Labute approximate surface area is 85.5 Å². The minimum absolute atomic E-state index is 0.0330. The molecule has 1 heterocycles. The van der Waals surface area contributed by atoms with E-state index in [1.807, 2.05) is 27.7 Å². The molecule has 1 aliphatic rings. The summed E-state index contributed by atoms with van der Waals surface area (Å²) in [4.78, 5) is 25.2. The van der Waals surface area contributed by atoms with Gasteiger partial charge in [-0.1, -0.05) is 13.8 Å². The third-order valence-electron chi connectivity index (χ3n) is 4.19. The molecule has 0 aromatic carbocycles. The van der Waals surface area contributed by atoms with Gasteiger partial charge in [-0.3, -0.25) is 14.5 Å². The molecule has 0 radical (unpaired) electrons. The van der Waals surface area contributed by atoms with Gasteiger partial charge in [0.25, 0.3) is 0 Å². The number of nitrogens with zero attached hydrogens (tertiary/aromatic N) is 1. The van der Waals surface area contributed by atoms with Crippen LogP contribution >= 0.6 is 0 Å². The summed E-state index contributed by atoms with van der Waals surface area (Å²) < 4.78 is 0. The van der Waals surface area contributed by atoms with Crippen LogP contribution in [-0.4, -0.2) is 23.8 Å². The van der Waals surface area contributed by atoms with Gasteiger partial charge in [0.2, 0.25) is 11.8 Å². The van der Waals surface area contributed by atoms with Crippen LogP contribution in [-0.2, 0) is 9.59 Å². The third kappa shape index (κ3) is 0.983. The number of rotatable bonds is 2. The highest BCUT2D eigenvalue weighted by Gasteiger charge is 2.61. The van der Waals surface area contributed by atoms with E-state index in [1.165, 1.54) is 4.90 Å². The molecular formula is C11H19NO2. The number of hydrogen-bond donors (Lipinski definition) is 0. The van der Waals surface area contributed by atoms with E-state index in [-0.39, 0.29) is 11.8 Å². The van der Waals surface area contributed by atoms with Gasteiger partial charge in [0, 0.05) is 7.05 Å². The number of hydrogen-bond acceptors (Lipinski definition) is 2. The van der Waals surface area contributed by atoms with Gasteiger partial charge in [-0.15, -0.1) is 0 Å². The van der Waals surface area contributed by atoms with Crippen LogP contribution in [0.25, 0.3) is 0 Å². The third-order valence-corrected chi connectivity index (χ3v) is 4.19. The number of likely N-dealkylation sites (tertiary alicyclic amines) is 1. The van der Waals surface area contributed by atoms with Crippen LogP contribution in [0.15, 0.2) is 0 Å². The zero-order valence-electron chi connectivity index (χ0n) is 9.68. The van der Waals surface area contributed by atoms with Crippen LogP contribution in [0.1, 0.15) is 40.5 Å². The summed E-state index contributed by atoms with van der Waals surface area (Å²) in [6.07, 6.45) is 1.43. The predicted molar refractivity (Wildman–Crippen MR) is 54.6 cm³/mol. The van der Waals surface area contributed by atoms with Gasteiger partial charge in [0.05, 0.1) is 10.8 Å². The molecule has 1 aliphatic heterocycles. The van der Waals surface area contributed by atoms with E-state index in [9.17, 15) is 9.59 Å². The molecule has 0 aromatic heterocycles. The first-order valence-electron chi connectivity index (χ1n) is 5.17. The van der Waals surface area contributed by atoms with Crippen molar-refractivity contribution in [3.05, 3.63) is 0 Å². The molecule has 14 heavy (non-hydrogen) atoms. The summed E-state index contributed by atoms with van der Waals surface area (Å²) in [5.74, 6) is -0.0660. The molecule has 2 unspecified atom stereocenters. The monoisotopic (exact) mass is 197 g/mol. The summed E-state index contributed by atoms with van der Waals surface area (Å²) in [5.41, 5.74) is -1.04. The Hall–Kier alpha value is -0.860. The van der Waals surface area contributed by atoms with Crippen LogP contribution in [0.5, 0.6) is 0 Å². The average molecular weight is 197 g/mol. The molecular weight excluding hydrogens is 178 g/mol. The zero-order valence-corrected chi connectivity index (χ0v) is 9.68. The molecule has 1 rings (SSSR count). The lowest BCUT2D eigenvalue weighted by molar-refractivity contribution is -0.139. The van der Waals surface area contributed by atoms with Gasteiger partial charge in [-0.05, 0) is 26.7 Å². The SMILES string of the molecule is CCC1(C)C(=O)N(C)C(=O)C1(C)CC. The highest BCUT2D eigenvalue weighted by molar-refractivity contribution is 6.09. The average Bonchev–Trinajstić information content (AvgIpc) is 2.33. The van der Waals surface area contributed by atoms with Crippen molar-refractivity contribution in [3.8, 4) is 0 Å². The number of imide groups is 1. The molecule has 0 spiro atoms. The Morgan fingerprint density at radius 2 is 1.29 bits per heavy atom. The van der Waals surface area contributed by atoms with Gasteiger partial charge in [-0.2, -0.15) is 0 Å². The Bertz CT molecular complexity index is 259. The first-order valence-corrected chi connectivity index (χ1v) is 5.17. The number of carbonyl (C=O) groups excluding carboxylic acids is 2. The van der Waals surface area contributed by atoms with Crippen LogP contribution < -0.4 is 0 Å². The number of amides is 2. The fourth-order valence-corrected chi connectivity index (χ4v) is 2.39. The van der Waals surface area contributed by atoms with Gasteiger partial charge in [0.1, 0.15) is 0 Å². The van der Waals surface area contributed by atoms with Crippen molar-refractivity contribution < 1.29 is 9.59 Å². The largest absolute Gasteiger partial charge is 0.285 e. The van der Waals surface area contributed by atoms with Gasteiger partial charge in [-0.25, -0.2) is 0 Å². The lowest BCUT2D eigenvalue weighted by Gasteiger charge is -2.34. The maximum Gasteiger partial charge on any atom is 0.235 e. The minimum atomic E-state index is -0.520. The highest BCUT2D eigenvalue weighted by Crippen LogP contribution is 2.51. The Kier molecular flexibility index (Phi) is 2.46. The second-order valence-electron chi connectivity index (χ2n) is 4.54. The predicted octanol–water partition coefficient (Wildman–Crippen LogP) is 1.82. The molecule has 0 aliphatic carbocycles. The Balaban J connectivity index is 3.29. The highest BCUT2D eigenvalue weighted by atomic mass is 16.2. The van der Waals surface area contributed by atoms with Crippen LogP contribution in [0, 0.1) is 10.8 Å². The van der Waals surface area contributed by atoms with Crippen molar-refractivity contribution in [1.29, 1.82) is 0 Å². The van der Waals surface area contributed by atoms with E-state index < -0.39 is 10.8 Å². The first-order chi connectivity index (χ1) is 6.35. The van der Waals surface area contributed by atoms with Crippen molar-refractivity contribution in [3.63, 3.8) is 0 Å². The molecule has 1 saturated heterocycles. The second-order valence-corrected chi connectivity index (χ2v) is 4.54.